The van der Waals surface area contributed by atoms with Gasteiger partial charge in [-0.15, -0.1) is 0 Å². The van der Waals surface area contributed by atoms with E-state index in [0.29, 0.717) is 17.7 Å². The van der Waals surface area contributed by atoms with Gasteiger partial charge in [-0.25, -0.2) is 9.59 Å². The number of para-hydroxylation sites is 1. The monoisotopic (exact) mass is 456 g/mol. The summed E-state index contributed by atoms with van der Waals surface area (Å²) in [6.45, 7) is 3.91. The summed E-state index contributed by atoms with van der Waals surface area (Å²) < 4.78 is 0. The van der Waals surface area contributed by atoms with E-state index in [2.05, 4.69) is 40.1 Å². The Morgan fingerprint density at radius 1 is 0.758 bits per heavy atom. The fraction of sp³-hybridized carbons (Fsp3) is 0.630. The minimum Gasteiger partial charge on any atom is -0.478 e. The van der Waals surface area contributed by atoms with Gasteiger partial charge in [0.2, 0.25) is 0 Å². The van der Waals surface area contributed by atoms with Crippen LogP contribution >= 0.6 is 0 Å². The van der Waals surface area contributed by atoms with Crippen LogP contribution in [0.15, 0.2) is 42.5 Å². The quantitative estimate of drug-likeness (QED) is 0.596. The van der Waals surface area contributed by atoms with Gasteiger partial charge in [-0.3, -0.25) is 0 Å². The van der Waals surface area contributed by atoms with E-state index in [4.69, 9.17) is 10.2 Å². The van der Waals surface area contributed by atoms with Crippen molar-refractivity contribution in [2.24, 2.45) is 0 Å². The van der Waals surface area contributed by atoms with Gasteiger partial charge in [0.1, 0.15) is 0 Å². The molecule has 4 rings (SSSR count). The van der Waals surface area contributed by atoms with Crippen LogP contribution < -0.4 is 4.90 Å². The second kappa shape index (κ2) is 12.8. The number of anilines is 1. The van der Waals surface area contributed by atoms with Gasteiger partial charge in [0, 0.05) is 49.1 Å². The molecule has 6 heteroatoms. The summed E-state index contributed by atoms with van der Waals surface area (Å²) in [5, 5.41) is 15.6. The number of piperidine rings is 1. The summed E-state index contributed by atoms with van der Waals surface area (Å²) in [6, 6.07) is 12.0. The smallest absolute Gasteiger partial charge is 0.328 e. The summed E-state index contributed by atoms with van der Waals surface area (Å²) in [7, 11) is 0. The Balaban J connectivity index is 0.000000331. The summed E-state index contributed by atoms with van der Waals surface area (Å²) in [5.74, 6) is -2.51. The molecule has 3 fully saturated rings. The lowest BCUT2D eigenvalue weighted by atomic mass is 9.75. The molecule has 1 saturated carbocycles. The Labute approximate surface area is 198 Å². The largest absolute Gasteiger partial charge is 0.478 e. The molecule has 0 radical (unpaired) electrons. The molecule has 2 aliphatic heterocycles. The second-order valence-corrected chi connectivity index (χ2v) is 9.71. The van der Waals surface area contributed by atoms with Crippen molar-refractivity contribution < 1.29 is 19.8 Å². The van der Waals surface area contributed by atoms with Crippen LogP contribution in [0.5, 0.6) is 0 Å². The Morgan fingerprint density at radius 2 is 1.24 bits per heavy atom. The molecule has 2 N–H and O–H groups in total. The third kappa shape index (κ3) is 7.60. The van der Waals surface area contributed by atoms with Crippen LogP contribution in [0, 0.1) is 0 Å². The van der Waals surface area contributed by atoms with Gasteiger partial charge in [-0.1, -0.05) is 63.1 Å². The molecule has 2 saturated heterocycles. The molecule has 0 amide bonds. The van der Waals surface area contributed by atoms with Crippen LogP contribution in [0.4, 0.5) is 5.69 Å². The molecular weight excluding hydrogens is 416 g/mol. The molecule has 2 heterocycles. The SMILES string of the molecule is O=C(O)/C=C/C(=O)O.c1ccc(N2CCC23CCN(C2CCCCCCCCC2)CC3)cc1. The fourth-order valence-electron chi connectivity index (χ4n) is 5.67. The predicted molar refractivity (Wildman–Crippen MR) is 132 cm³/mol. The van der Waals surface area contributed by atoms with Crippen molar-refractivity contribution in [3.63, 3.8) is 0 Å². The van der Waals surface area contributed by atoms with Gasteiger partial charge in [-0.2, -0.15) is 0 Å². The van der Waals surface area contributed by atoms with Crippen LogP contribution in [0.1, 0.15) is 77.0 Å². The van der Waals surface area contributed by atoms with E-state index in [0.717, 1.165) is 6.04 Å². The first-order valence-corrected chi connectivity index (χ1v) is 12.7. The molecule has 0 unspecified atom stereocenters. The normalized spacial score (nSPS) is 22.2. The van der Waals surface area contributed by atoms with Gasteiger partial charge < -0.3 is 20.0 Å². The first-order valence-electron chi connectivity index (χ1n) is 12.7. The van der Waals surface area contributed by atoms with Crippen LogP contribution in [0.2, 0.25) is 0 Å². The zero-order valence-electron chi connectivity index (χ0n) is 19.8. The topological polar surface area (TPSA) is 81.1 Å². The van der Waals surface area contributed by atoms with Gasteiger partial charge in [0.15, 0.2) is 0 Å². The lowest BCUT2D eigenvalue weighted by Gasteiger charge is -2.58. The average Bonchev–Trinajstić information content (AvgIpc) is 2.82. The van der Waals surface area contributed by atoms with E-state index in [9.17, 15) is 9.59 Å². The van der Waals surface area contributed by atoms with Crippen molar-refractivity contribution in [3.8, 4) is 0 Å². The van der Waals surface area contributed by atoms with Crippen molar-refractivity contribution >= 4 is 17.6 Å². The average molecular weight is 457 g/mol. The third-order valence-corrected chi connectivity index (χ3v) is 7.63. The number of likely N-dealkylation sites (tertiary alicyclic amines) is 1. The molecule has 1 aromatic rings. The summed E-state index contributed by atoms with van der Waals surface area (Å²) in [5.41, 5.74) is 1.93. The van der Waals surface area contributed by atoms with E-state index >= 15 is 0 Å². The molecule has 1 aliphatic carbocycles. The maximum Gasteiger partial charge on any atom is 0.328 e. The zero-order chi connectivity index (χ0) is 23.5. The van der Waals surface area contributed by atoms with Crippen molar-refractivity contribution in [1.82, 2.24) is 4.90 Å². The van der Waals surface area contributed by atoms with Gasteiger partial charge in [-0.05, 0) is 44.2 Å². The molecular formula is C27H40N2O4. The fourth-order valence-corrected chi connectivity index (χ4v) is 5.67. The minimum atomic E-state index is -1.26. The van der Waals surface area contributed by atoms with Crippen molar-refractivity contribution in [2.45, 2.75) is 88.6 Å². The zero-order valence-corrected chi connectivity index (χ0v) is 19.8. The highest BCUT2D eigenvalue weighted by Gasteiger charge is 2.46. The van der Waals surface area contributed by atoms with Crippen LogP contribution in [0.3, 0.4) is 0 Å². The second-order valence-electron chi connectivity index (χ2n) is 9.71. The molecule has 182 valence electrons. The number of aliphatic carboxylic acids is 2. The standard InChI is InChI=1S/C23H36N2.C4H4O4/c1-2-4-7-11-21(12-8-5-3-1)24-18-15-23(16-19-24)17-20-25(23)22-13-9-6-10-14-22;5-3(6)1-2-4(7)8/h6,9-10,13-14,21H,1-5,7-8,11-12,15-20H2;1-2H,(H,5,6)(H,7,8)/b;2-1+. The summed E-state index contributed by atoms with van der Waals surface area (Å²) in [4.78, 5) is 24.7. The Bertz CT molecular complexity index is 746. The lowest BCUT2D eigenvalue weighted by Crippen LogP contribution is -2.65. The number of nitrogens with zero attached hydrogens (tertiary/aromatic N) is 2. The highest BCUT2D eigenvalue weighted by atomic mass is 16.4. The number of benzene rings is 1. The van der Waals surface area contributed by atoms with Crippen LogP contribution in [0.25, 0.3) is 0 Å². The molecule has 6 nitrogen and oxygen atoms in total. The highest BCUT2D eigenvalue weighted by Crippen LogP contribution is 2.43. The molecule has 1 aromatic carbocycles. The van der Waals surface area contributed by atoms with Gasteiger partial charge >= 0.3 is 11.9 Å². The Morgan fingerprint density at radius 3 is 1.70 bits per heavy atom. The number of hydrogen-bond acceptors (Lipinski definition) is 4. The van der Waals surface area contributed by atoms with Crippen LogP contribution in [-0.2, 0) is 9.59 Å². The predicted octanol–water partition coefficient (Wildman–Crippen LogP) is 5.34. The highest BCUT2D eigenvalue weighted by molar-refractivity contribution is 5.89. The maximum atomic E-state index is 9.55. The van der Waals surface area contributed by atoms with E-state index in [1.807, 2.05) is 0 Å². The lowest BCUT2D eigenvalue weighted by molar-refractivity contribution is -0.134. The van der Waals surface area contributed by atoms with Crippen molar-refractivity contribution in [1.29, 1.82) is 0 Å². The van der Waals surface area contributed by atoms with Gasteiger partial charge in [0.05, 0.1) is 0 Å². The van der Waals surface area contributed by atoms with E-state index in [1.165, 1.54) is 102 Å². The van der Waals surface area contributed by atoms with Crippen LogP contribution in [-0.4, -0.2) is 58.3 Å². The number of rotatable bonds is 4. The van der Waals surface area contributed by atoms with E-state index in [-0.39, 0.29) is 0 Å². The van der Waals surface area contributed by atoms with E-state index in [1.54, 1.807) is 0 Å². The first kappa shape index (κ1) is 25.3. The molecule has 1 spiro atoms. The molecule has 3 aliphatic rings. The van der Waals surface area contributed by atoms with E-state index < -0.39 is 11.9 Å². The third-order valence-electron chi connectivity index (χ3n) is 7.63. The van der Waals surface area contributed by atoms with Gasteiger partial charge in [0.25, 0.3) is 0 Å². The minimum absolute atomic E-state index is 0.480. The maximum absolute atomic E-state index is 9.55. The number of hydrogen-bond donors (Lipinski definition) is 2. The van der Waals surface area contributed by atoms with Crippen molar-refractivity contribution in [2.75, 3.05) is 24.5 Å². The molecule has 0 atom stereocenters. The van der Waals surface area contributed by atoms with Crippen molar-refractivity contribution in [3.05, 3.63) is 42.5 Å². The molecule has 33 heavy (non-hydrogen) atoms. The summed E-state index contributed by atoms with van der Waals surface area (Å²) in [6.07, 6.45) is 18.5. The number of carbonyl (C=O) groups is 2. The Kier molecular flexibility index (Phi) is 9.79. The first-order chi connectivity index (χ1) is 16.0. The Hall–Kier alpha value is -2.34. The molecule has 0 bridgehead atoms. The molecule has 0 aromatic heterocycles. The summed E-state index contributed by atoms with van der Waals surface area (Å²) >= 11 is 0. The number of carboxylic acids is 2. The number of carboxylic acid groups (broad SMARTS) is 2.